The third-order valence-electron chi connectivity index (χ3n) is 1.17. The molecule has 0 atom stereocenters. The van der Waals surface area contributed by atoms with Crippen molar-refractivity contribution in [1.82, 2.24) is 0 Å². The average Bonchev–Trinajstić information content (AvgIpc) is 2.08. The Kier molecular flexibility index (Phi) is 21.2. The van der Waals surface area contributed by atoms with E-state index in [1.807, 2.05) is 13.8 Å². The SMILES string of the molecule is CC.CCC.Cc1cccc(C)c1.[V]. The molecule has 0 saturated carbocycles. The number of hydrogen-bond donors (Lipinski definition) is 0. The molecule has 0 nitrogen and oxygen atoms in total. The van der Waals surface area contributed by atoms with Gasteiger partial charge in [0.05, 0.1) is 0 Å². The third kappa shape index (κ3) is 14.3. The van der Waals surface area contributed by atoms with Gasteiger partial charge in [-0.05, 0) is 13.8 Å². The summed E-state index contributed by atoms with van der Waals surface area (Å²) in [7, 11) is 0. The molecule has 0 spiro atoms. The Morgan fingerprint density at radius 3 is 1.36 bits per heavy atom. The summed E-state index contributed by atoms with van der Waals surface area (Å²) < 4.78 is 0. The van der Waals surface area contributed by atoms with Crippen molar-refractivity contribution < 1.29 is 18.6 Å². The molecule has 0 aliphatic carbocycles. The van der Waals surface area contributed by atoms with Gasteiger partial charge in [0.25, 0.3) is 0 Å². The van der Waals surface area contributed by atoms with Crippen LogP contribution in [-0.4, -0.2) is 0 Å². The first-order valence-corrected chi connectivity index (χ1v) is 5.24. The van der Waals surface area contributed by atoms with E-state index in [1.54, 1.807) is 0 Å². The topological polar surface area (TPSA) is 0 Å². The van der Waals surface area contributed by atoms with Crippen molar-refractivity contribution >= 4 is 0 Å². The monoisotopic (exact) mass is 231 g/mol. The summed E-state index contributed by atoms with van der Waals surface area (Å²) in [6, 6.07) is 8.45. The molecule has 0 saturated heterocycles. The minimum Gasteiger partial charge on any atom is -0.0683 e. The Hall–Kier alpha value is -0.196. The van der Waals surface area contributed by atoms with Crippen LogP contribution in [0, 0.1) is 13.8 Å². The Balaban J connectivity index is -0.000000176. The quantitative estimate of drug-likeness (QED) is 0.604. The maximum absolute atomic E-state index is 2.17. The molecule has 1 aromatic carbocycles. The van der Waals surface area contributed by atoms with Crippen LogP contribution in [-0.2, 0) is 18.6 Å². The van der Waals surface area contributed by atoms with Gasteiger partial charge in [-0.1, -0.05) is 69.5 Å². The van der Waals surface area contributed by atoms with Crippen LogP contribution >= 0.6 is 0 Å². The van der Waals surface area contributed by atoms with Crippen LogP contribution in [0.25, 0.3) is 0 Å². The smallest absolute Gasteiger partial charge is 0 e. The summed E-state index contributed by atoms with van der Waals surface area (Å²) >= 11 is 0. The van der Waals surface area contributed by atoms with Crippen LogP contribution in [0.3, 0.4) is 0 Å². The largest absolute Gasteiger partial charge is 0.0683 e. The van der Waals surface area contributed by atoms with Crippen molar-refractivity contribution in [2.24, 2.45) is 0 Å². The van der Waals surface area contributed by atoms with Crippen LogP contribution in [0.2, 0.25) is 0 Å². The van der Waals surface area contributed by atoms with Crippen LogP contribution in [0.15, 0.2) is 24.3 Å². The molecular weight excluding hydrogens is 207 g/mol. The number of benzene rings is 1. The number of aryl methyl sites for hydroxylation is 2. The molecule has 0 aliphatic rings. The van der Waals surface area contributed by atoms with E-state index < -0.39 is 0 Å². The molecule has 0 heterocycles. The first-order valence-electron chi connectivity index (χ1n) is 5.24. The van der Waals surface area contributed by atoms with Gasteiger partial charge in [-0.2, -0.15) is 0 Å². The maximum atomic E-state index is 2.17. The molecule has 1 rings (SSSR count). The average molecular weight is 231 g/mol. The second-order valence-electron chi connectivity index (χ2n) is 2.87. The van der Waals surface area contributed by atoms with Crippen LogP contribution in [0.5, 0.6) is 0 Å². The Morgan fingerprint density at radius 1 is 0.929 bits per heavy atom. The van der Waals surface area contributed by atoms with E-state index in [0.717, 1.165) is 0 Å². The van der Waals surface area contributed by atoms with E-state index in [9.17, 15) is 0 Å². The van der Waals surface area contributed by atoms with E-state index >= 15 is 0 Å². The van der Waals surface area contributed by atoms with E-state index in [1.165, 1.54) is 17.5 Å². The molecule has 0 fully saturated rings. The number of hydrogen-bond acceptors (Lipinski definition) is 0. The number of rotatable bonds is 0. The molecule has 0 aromatic heterocycles. The second-order valence-corrected chi connectivity index (χ2v) is 2.87. The summed E-state index contributed by atoms with van der Waals surface area (Å²) in [6.07, 6.45) is 1.25. The maximum Gasteiger partial charge on any atom is 0 e. The van der Waals surface area contributed by atoms with E-state index in [-0.39, 0.29) is 18.6 Å². The van der Waals surface area contributed by atoms with E-state index in [0.29, 0.717) is 0 Å². The van der Waals surface area contributed by atoms with Crippen molar-refractivity contribution in [1.29, 1.82) is 0 Å². The molecule has 0 amide bonds. The summed E-state index contributed by atoms with van der Waals surface area (Å²) in [5.41, 5.74) is 2.68. The van der Waals surface area contributed by atoms with Gasteiger partial charge in [0.2, 0.25) is 0 Å². The van der Waals surface area contributed by atoms with Gasteiger partial charge in [-0.15, -0.1) is 0 Å². The molecule has 81 valence electrons. The predicted octanol–water partition coefficient (Wildman–Crippen LogP) is 4.74. The molecule has 0 aliphatic heterocycles. The molecule has 0 N–H and O–H groups in total. The molecule has 1 radical (unpaired) electrons. The molecule has 14 heavy (non-hydrogen) atoms. The van der Waals surface area contributed by atoms with Crippen molar-refractivity contribution in [3.05, 3.63) is 35.4 Å². The third-order valence-corrected chi connectivity index (χ3v) is 1.17. The standard InChI is InChI=1S/C8H10.C3H8.C2H6.V/c1-7-4-3-5-8(2)6-7;1-3-2;1-2;/h3-6H,1-2H3;3H2,1-2H3;1-2H3;. The first-order chi connectivity index (χ1) is 6.20. The Morgan fingerprint density at radius 2 is 1.21 bits per heavy atom. The molecule has 0 unspecified atom stereocenters. The van der Waals surface area contributed by atoms with Gasteiger partial charge in [0.15, 0.2) is 0 Å². The van der Waals surface area contributed by atoms with Crippen molar-refractivity contribution in [3.63, 3.8) is 0 Å². The molecule has 1 aromatic rings. The molecule has 0 bridgehead atoms. The zero-order chi connectivity index (χ0) is 10.7. The fourth-order valence-corrected chi connectivity index (χ4v) is 0.807. The van der Waals surface area contributed by atoms with Gasteiger partial charge < -0.3 is 0 Å². The summed E-state index contributed by atoms with van der Waals surface area (Å²) in [6.45, 7) is 12.5. The Labute approximate surface area is 102 Å². The van der Waals surface area contributed by atoms with Gasteiger partial charge in [-0.25, -0.2) is 0 Å². The summed E-state index contributed by atoms with van der Waals surface area (Å²) in [5, 5.41) is 0. The van der Waals surface area contributed by atoms with Gasteiger partial charge in [-0.3, -0.25) is 0 Å². The van der Waals surface area contributed by atoms with Crippen molar-refractivity contribution in [2.45, 2.75) is 48.0 Å². The van der Waals surface area contributed by atoms with Crippen LogP contribution < -0.4 is 0 Å². The van der Waals surface area contributed by atoms with Crippen molar-refractivity contribution in [2.75, 3.05) is 0 Å². The Bertz CT molecular complexity index is 177. The van der Waals surface area contributed by atoms with Crippen molar-refractivity contribution in [3.8, 4) is 0 Å². The fraction of sp³-hybridized carbons (Fsp3) is 0.538. The minimum absolute atomic E-state index is 0. The van der Waals surface area contributed by atoms with Crippen LogP contribution in [0.4, 0.5) is 0 Å². The zero-order valence-corrected chi connectivity index (χ0v) is 11.9. The normalized spacial score (nSPS) is 7.00. The predicted molar refractivity (Wildman–Crippen MR) is 63.2 cm³/mol. The van der Waals surface area contributed by atoms with Gasteiger partial charge in [0.1, 0.15) is 0 Å². The van der Waals surface area contributed by atoms with Gasteiger partial charge >= 0.3 is 0 Å². The second kappa shape index (κ2) is 15.3. The first kappa shape index (κ1) is 19.4. The molecule has 1 heteroatoms. The van der Waals surface area contributed by atoms with Gasteiger partial charge in [0, 0.05) is 18.6 Å². The van der Waals surface area contributed by atoms with Crippen LogP contribution in [0.1, 0.15) is 45.2 Å². The summed E-state index contributed by atoms with van der Waals surface area (Å²) in [5.74, 6) is 0. The minimum atomic E-state index is 0. The zero-order valence-electron chi connectivity index (χ0n) is 10.5. The summed E-state index contributed by atoms with van der Waals surface area (Å²) in [4.78, 5) is 0. The fourth-order valence-electron chi connectivity index (χ4n) is 0.807. The van der Waals surface area contributed by atoms with E-state index in [4.69, 9.17) is 0 Å². The molecular formula is C13H24V. The van der Waals surface area contributed by atoms with E-state index in [2.05, 4.69) is 52.0 Å².